The van der Waals surface area contributed by atoms with Crippen LogP contribution in [0.2, 0.25) is 10.0 Å². The van der Waals surface area contributed by atoms with Crippen molar-refractivity contribution in [1.29, 1.82) is 0 Å². The molecule has 3 rings (SSSR count). The summed E-state index contributed by atoms with van der Waals surface area (Å²) in [5.74, 6) is -0.980. The van der Waals surface area contributed by atoms with Crippen molar-refractivity contribution in [1.82, 2.24) is 24.9 Å². The highest BCUT2D eigenvalue weighted by Crippen LogP contribution is 2.46. The highest BCUT2D eigenvalue weighted by atomic mass is 35.5. The van der Waals surface area contributed by atoms with Crippen molar-refractivity contribution in [3.63, 3.8) is 0 Å². The number of nitrogens with one attached hydrogen (secondary N) is 1. The van der Waals surface area contributed by atoms with Crippen LogP contribution in [0, 0.1) is 0 Å². The minimum absolute atomic E-state index is 0.0365. The van der Waals surface area contributed by atoms with E-state index in [1.54, 1.807) is 0 Å². The Kier molecular flexibility index (Phi) is 6.02. The standard InChI is InChI=1S/C16H15Cl2F6N5O/c1-28-11(9(18)12(26-28)15(19,20)21)14(30)25-5-2-6-29-10(7-3-4-7)8(17)13(27-29)16(22,23)24/h7H,2-6H2,1H3,(H,25,30). The monoisotopic (exact) mass is 477 g/mol. The molecule has 0 bridgehead atoms. The number of aromatic nitrogens is 4. The van der Waals surface area contributed by atoms with E-state index in [4.69, 9.17) is 23.2 Å². The van der Waals surface area contributed by atoms with Crippen molar-refractivity contribution in [2.24, 2.45) is 7.05 Å². The predicted molar refractivity (Wildman–Crippen MR) is 94.4 cm³/mol. The summed E-state index contributed by atoms with van der Waals surface area (Å²) in [6, 6.07) is 0. The molecule has 0 atom stereocenters. The Balaban J connectivity index is 1.65. The molecule has 1 N–H and O–H groups in total. The van der Waals surface area contributed by atoms with Crippen LogP contribution in [0.15, 0.2) is 0 Å². The molecule has 0 saturated heterocycles. The third kappa shape index (κ3) is 4.53. The molecule has 2 aromatic heterocycles. The average Bonchev–Trinajstić information content (AvgIpc) is 3.30. The fourth-order valence-electron chi connectivity index (χ4n) is 2.99. The molecular weight excluding hydrogens is 463 g/mol. The summed E-state index contributed by atoms with van der Waals surface area (Å²) < 4.78 is 79.5. The molecule has 166 valence electrons. The summed E-state index contributed by atoms with van der Waals surface area (Å²) in [5.41, 5.74) is -2.70. The summed E-state index contributed by atoms with van der Waals surface area (Å²) in [5, 5.41) is 7.91. The van der Waals surface area contributed by atoms with Gasteiger partial charge in [0.15, 0.2) is 11.4 Å². The lowest BCUT2D eigenvalue weighted by atomic mass is 10.2. The van der Waals surface area contributed by atoms with Gasteiger partial charge >= 0.3 is 12.4 Å². The lowest BCUT2D eigenvalue weighted by Crippen LogP contribution is -2.27. The average molecular weight is 478 g/mol. The molecule has 1 fully saturated rings. The van der Waals surface area contributed by atoms with E-state index in [0.717, 1.165) is 7.05 Å². The van der Waals surface area contributed by atoms with Gasteiger partial charge in [-0.1, -0.05) is 23.2 Å². The van der Waals surface area contributed by atoms with Crippen LogP contribution in [0.4, 0.5) is 26.3 Å². The van der Waals surface area contributed by atoms with Gasteiger partial charge in [0.2, 0.25) is 0 Å². The second-order valence-corrected chi connectivity index (χ2v) is 7.54. The van der Waals surface area contributed by atoms with Crippen molar-refractivity contribution in [3.8, 4) is 0 Å². The zero-order valence-electron chi connectivity index (χ0n) is 15.3. The van der Waals surface area contributed by atoms with Crippen molar-refractivity contribution in [2.45, 2.75) is 44.1 Å². The molecule has 1 amide bonds. The van der Waals surface area contributed by atoms with Crippen LogP contribution in [0.5, 0.6) is 0 Å². The minimum atomic E-state index is -4.82. The zero-order chi connectivity index (χ0) is 22.4. The maximum atomic E-state index is 13.1. The highest BCUT2D eigenvalue weighted by molar-refractivity contribution is 6.34. The molecule has 0 aromatic carbocycles. The van der Waals surface area contributed by atoms with Crippen LogP contribution in [0.3, 0.4) is 0 Å². The van der Waals surface area contributed by atoms with Crippen LogP contribution in [0.25, 0.3) is 0 Å². The topological polar surface area (TPSA) is 64.7 Å². The predicted octanol–water partition coefficient (Wildman–Crippen LogP) is 4.66. The maximum Gasteiger partial charge on any atom is 0.436 e. The molecule has 0 aliphatic heterocycles. The second kappa shape index (κ2) is 7.95. The van der Waals surface area contributed by atoms with Gasteiger partial charge in [0.25, 0.3) is 5.91 Å². The molecule has 0 unspecified atom stereocenters. The van der Waals surface area contributed by atoms with Gasteiger partial charge in [-0.15, -0.1) is 0 Å². The molecular formula is C16H15Cl2F6N5O. The van der Waals surface area contributed by atoms with E-state index < -0.39 is 45.4 Å². The van der Waals surface area contributed by atoms with E-state index in [-0.39, 0.29) is 25.4 Å². The summed E-state index contributed by atoms with van der Waals surface area (Å²) in [7, 11) is 1.14. The van der Waals surface area contributed by atoms with Crippen molar-refractivity contribution < 1.29 is 31.1 Å². The van der Waals surface area contributed by atoms with Crippen LogP contribution < -0.4 is 5.32 Å². The summed E-state index contributed by atoms with van der Waals surface area (Å²) in [4.78, 5) is 12.2. The molecule has 1 aliphatic carbocycles. The number of carbonyl (C=O) groups is 1. The number of nitrogens with zero attached hydrogens (tertiary/aromatic N) is 4. The first-order chi connectivity index (χ1) is 13.8. The number of halogens is 8. The Bertz CT molecular complexity index is 961. The van der Waals surface area contributed by atoms with Crippen molar-refractivity contribution >= 4 is 29.1 Å². The van der Waals surface area contributed by atoms with Crippen LogP contribution in [-0.4, -0.2) is 32.0 Å². The summed E-state index contributed by atoms with van der Waals surface area (Å²) in [6.07, 6.45) is -7.92. The Morgan fingerprint density at radius 3 is 2.13 bits per heavy atom. The Morgan fingerprint density at radius 2 is 1.63 bits per heavy atom. The van der Waals surface area contributed by atoms with Gasteiger partial charge in [0, 0.05) is 26.1 Å². The lowest BCUT2D eigenvalue weighted by molar-refractivity contribution is -0.142. The van der Waals surface area contributed by atoms with E-state index in [2.05, 4.69) is 15.5 Å². The third-order valence-electron chi connectivity index (χ3n) is 4.47. The van der Waals surface area contributed by atoms with Gasteiger partial charge in [0.05, 0.1) is 10.7 Å². The van der Waals surface area contributed by atoms with Gasteiger partial charge in [-0.2, -0.15) is 36.5 Å². The van der Waals surface area contributed by atoms with Crippen LogP contribution in [0.1, 0.15) is 52.8 Å². The number of alkyl halides is 6. The first kappa shape index (κ1) is 22.7. The minimum Gasteiger partial charge on any atom is -0.351 e. The quantitative estimate of drug-likeness (QED) is 0.486. The van der Waals surface area contributed by atoms with Crippen molar-refractivity contribution in [2.75, 3.05) is 6.54 Å². The van der Waals surface area contributed by atoms with E-state index >= 15 is 0 Å². The van der Waals surface area contributed by atoms with Gasteiger partial charge in [-0.3, -0.25) is 14.2 Å². The van der Waals surface area contributed by atoms with Crippen LogP contribution >= 0.6 is 23.2 Å². The highest BCUT2D eigenvalue weighted by Gasteiger charge is 2.42. The van der Waals surface area contributed by atoms with E-state index in [1.165, 1.54) is 4.68 Å². The van der Waals surface area contributed by atoms with E-state index in [9.17, 15) is 31.1 Å². The van der Waals surface area contributed by atoms with E-state index in [1.807, 2.05) is 0 Å². The number of amides is 1. The summed E-state index contributed by atoms with van der Waals surface area (Å²) >= 11 is 11.5. The zero-order valence-corrected chi connectivity index (χ0v) is 16.8. The normalized spacial score (nSPS) is 15.0. The van der Waals surface area contributed by atoms with Gasteiger partial charge in [0.1, 0.15) is 10.7 Å². The molecule has 14 heteroatoms. The third-order valence-corrected chi connectivity index (χ3v) is 5.20. The van der Waals surface area contributed by atoms with Gasteiger partial charge in [-0.25, -0.2) is 0 Å². The lowest BCUT2D eigenvalue weighted by Gasteiger charge is -2.09. The molecule has 30 heavy (non-hydrogen) atoms. The smallest absolute Gasteiger partial charge is 0.351 e. The molecule has 2 aromatic rings. The molecule has 6 nitrogen and oxygen atoms in total. The number of hydrogen-bond acceptors (Lipinski definition) is 3. The SMILES string of the molecule is Cn1nc(C(F)(F)F)c(Cl)c1C(=O)NCCCn1nc(C(F)(F)F)c(Cl)c1C1CC1. The number of aryl methyl sites for hydroxylation is 2. The van der Waals surface area contributed by atoms with Crippen LogP contribution in [-0.2, 0) is 25.9 Å². The largest absolute Gasteiger partial charge is 0.436 e. The number of hydrogen-bond donors (Lipinski definition) is 1. The fourth-order valence-corrected chi connectivity index (χ4v) is 3.74. The Hall–Kier alpha value is -1.95. The first-order valence-corrected chi connectivity index (χ1v) is 9.49. The molecule has 0 spiro atoms. The molecule has 0 radical (unpaired) electrons. The van der Waals surface area contributed by atoms with Gasteiger partial charge < -0.3 is 5.32 Å². The first-order valence-electron chi connectivity index (χ1n) is 8.73. The second-order valence-electron chi connectivity index (χ2n) is 6.79. The Labute approximate surface area is 176 Å². The van der Waals surface area contributed by atoms with Gasteiger partial charge in [-0.05, 0) is 19.3 Å². The Morgan fingerprint density at radius 1 is 1.07 bits per heavy atom. The fraction of sp³-hybridized carbons (Fsp3) is 0.562. The number of rotatable bonds is 6. The molecule has 1 aliphatic rings. The molecule has 1 saturated carbocycles. The number of carbonyl (C=O) groups excluding carboxylic acids is 1. The molecule has 2 heterocycles. The van der Waals surface area contributed by atoms with Crippen molar-refractivity contribution in [3.05, 3.63) is 32.8 Å². The summed E-state index contributed by atoms with van der Waals surface area (Å²) in [6.45, 7) is -0.000532. The maximum absolute atomic E-state index is 13.1. The van der Waals surface area contributed by atoms with E-state index in [0.29, 0.717) is 23.2 Å².